The molecule has 4 rings (SSSR count). The third kappa shape index (κ3) is 2.82. The maximum atomic E-state index is 12.4. The number of aromatic nitrogens is 2. The molecule has 0 aliphatic carbocycles. The van der Waals surface area contributed by atoms with Gasteiger partial charge in [-0.15, -0.1) is 0 Å². The molecule has 0 bridgehead atoms. The van der Waals surface area contributed by atoms with Gasteiger partial charge in [0.2, 0.25) is 5.88 Å². The lowest BCUT2D eigenvalue weighted by Gasteiger charge is -2.15. The Morgan fingerprint density at radius 1 is 1.29 bits per heavy atom. The quantitative estimate of drug-likeness (QED) is 0.741. The second-order valence-electron chi connectivity index (χ2n) is 5.94. The summed E-state index contributed by atoms with van der Waals surface area (Å²) < 4.78 is 10.9. The van der Waals surface area contributed by atoms with E-state index < -0.39 is 0 Å². The molecule has 3 heterocycles. The summed E-state index contributed by atoms with van der Waals surface area (Å²) in [6.07, 6.45) is 0.715. The van der Waals surface area contributed by atoms with E-state index in [4.69, 9.17) is 9.26 Å². The van der Waals surface area contributed by atoms with E-state index in [1.807, 2.05) is 36.4 Å². The van der Waals surface area contributed by atoms with E-state index >= 15 is 0 Å². The Morgan fingerprint density at radius 3 is 3.00 bits per heavy atom. The number of benzene rings is 1. The number of hydrogen-bond donors (Lipinski definition) is 0. The Hall–Kier alpha value is -2.89. The number of aryl methyl sites for hydroxylation is 1. The molecule has 1 saturated heterocycles. The van der Waals surface area contributed by atoms with Crippen molar-refractivity contribution < 1.29 is 14.1 Å². The highest BCUT2D eigenvalue weighted by Gasteiger charge is 2.30. The number of ether oxygens (including phenoxy) is 1. The van der Waals surface area contributed by atoms with E-state index in [0.29, 0.717) is 30.4 Å². The average Bonchev–Trinajstić information content (AvgIpc) is 3.23. The number of nitrogens with zero attached hydrogens (tertiary/aromatic N) is 3. The van der Waals surface area contributed by atoms with Crippen molar-refractivity contribution in [1.29, 1.82) is 0 Å². The first-order valence-electron chi connectivity index (χ1n) is 7.94. The van der Waals surface area contributed by atoms with E-state index in [1.165, 1.54) is 0 Å². The van der Waals surface area contributed by atoms with Crippen molar-refractivity contribution in [1.82, 2.24) is 15.0 Å². The fourth-order valence-electron chi connectivity index (χ4n) is 2.92. The van der Waals surface area contributed by atoms with Crippen LogP contribution in [-0.4, -0.2) is 40.1 Å². The molecule has 1 aliphatic heterocycles. The van der Waals surface area contributed by atoms with E-state index in [0.717, 1.165) is 17.3 Å². The minimum atomic E-state index is -0.121. The van der Waals surface area contributed by atoms with Gasteiger partial charge in [-0.3, -0.25) is 4.79 Å². The minimum absolute atomic E-state index is 0.0596. The molecule has 6 heteroatoms. The summed E-state index contributed by atoms with van der Waals surface area (Å²) in [7, 11) is 0. The van der Waals surface area contributed by atoms with Crippen molar-refractivity contribution >= 4 is 16.8 Å². The molecule has 2 aromatic heterocycles. The van der Waals surface area contributed by atoms with Gasteiger partial charge >= 0.3 is 0 Å². The third-order valence-corrected chi connectivity index (χ3v) is 4.14. The van der Waals surface area contributed by atoms with Gasteiger partial charge in [-0.25, -0.2) is 4.98 Å². The fraction of sp³-hybridized carbons (Fsp3) is 0.278. The van der Waals surface area contributed by atoms with Crippen LogP contribution in [0.1, 0.15) is 22.7 Å². The van der Waals surface area contributed by atoms with Crippen LogP contribution in [0.15, 0.2) is 47.0 Å². The topological polar surface area (TPSA) is 68.5 Å². The average molecular weight is 323 g/mol. The number of pyridine rings is 1. The summed E-state index contributed by atoms with van der Waals surface area (Å²) >= 11 is 0. The first kappa shape index (κ1) is 14.7. The van der Waals surface area contributed by atoms with E-state index in [9.17, 15) is 4.79 Å². The summed E-state index contributed by atoms with van der Waals surface area (Å²) in [6, 6.07) is 13.4. The summed E-state index contributed by atoms with van der Waals surface area (Å²) in [5.41, 5.74) is 1.25. The highest BCUT2D eigenvalue weighted by Crippen LogP contribution is 2.21. The fourth-order valence-corrected chi connectivity index (χ4v) is 2.92. The van der Waals surface area contributed by atoms with Crippen molar-refractivity contribution in [2.75, 3.05) is 13.1 Å². The molecule has 1 fully saturated rings. The zero-order valence-corrected chi connectivity index (χ0v) is 13.3. The van der Waals surface area contributed by atoms with Gasteiger partial charge in [0.25, 0.3) is 5.91 Å². The Balaban J connectivity index is 1.43. The lowest BCUT2D eigenvalue weighted by molar-refractivity contribution is 0.0761. The standard InChI is InChI=1S/C18H17N3O3/c1-12-10-16(20-24-12)18(22)21-9-8-14(11-21)23-17-7-6-13-4-2-3-5-15(13)19-17/h2-7,10,14H,8-9,11H2,1H3. The van der Waals surface area contributed by atoms with Crippen molar-refractivity contribution in [3.05, 3.63) is 53.9 Å². The van der Waals surface area contributed by atoms with E-state index in [2.05, 4.69) is 10.1 Å². The number of para-hydroxylation sites is 1. The van der Waals surface area contributed by atoms with Gasteiger partial charge in [0, 0.05) is 30.5 Å². The number of hydrogen-bond acceptors (Lipinski definition) is 5. The molecule has 3 aromatic rings. The SMILES string of the molecule is Cc1cc(C(=O)N2CCC(Oc3ccc4ccccc4n3)C2)no1. The predicted octanol–water partition coefficient (Wildman–Crippen LogP) is 2.82. The molecular weight excluding hydrogens is 306 g/mol. The monoisotopic (exact) mass is 323 g/mol. The number of amides is 1. The van der Waals surface area contributed by atoms with Crippen LogP contribution in [0.4, 0.5) is 0 Å². The second-order valence-corrected chi connectivity index (χ2v) is 5.94. The van der Waals surface area contributed by atoms with Crippen molar-refractivity contribution in [3.8, 4) is 5.88 Å². The van der Waals surface area contributed by atoms with Gasteiger partial charge < -0.3 is 14.2 Å². The normalized spacial score (nSPS) is 17.4. The van der Waals surface area contributed by atoms with Crippen LogP contribution in [0.3, 0.4) is 0 Å². The zero-order valence-electron chi connectivity index (χ0n) is 13.3. The van der Waals surface area contributed by atoms with Crippen molar-refractivity contribution in [2.24, 2.45) is 0 Å². The molecule has 6 nitrogen and oxygen atoms in total. The Labute approximate surface area is 139 Å². The van der Waals surface area contributed by atoms with Gasteiger partial charge in [-0.2, -0.15) is 0 Å². The molecule has 0 radical (unpaired) electrons. The van der Waals surface area contributed by atoms with Crippen LogP contribution in [0, 0.1) is 6.92 Å². The second kappa shape index (κ2) is 5.96. The van der Waals surface area contributed by atoms with Gasteiger partial charge in [0.1, 0.15) is 11.9 Å². The maximum Gasteiger partial charge on any atom is 0.276 e. The molecule has 1 aliphatic rings. The molecule has 122 valence electrons. The van der Waals surface area contributed by atoms with Crippen LogP contribution in [0.2, 0.25) is 0 Å². The molecular formula is C18H17N3O3. The molecule has 0 N–H and O–H groups in total. The number of likely N-dealkylation sites (tertiary alicyclic amines) is 1. The smallest absolute Gasteiger partial charge is 0.276 e. The van der Waals surface area contributed by atoms with Crippen molar-refractivity contribution in [2.45, 2.75) is 19.4 Å². The first-order valence-corrected chi connectivity index (χ1v) is 7.94. The van der Waals surface area contributed by atoms with Crippen LogP contribution in [0.5, 0.6) is 5.88 Å². The van der Waals surface area contributed by atoms with Crippen LogP contribution in [-0.2, 0) is 0 Å². The molecule has 1 unspecified atom stereocenters. The minimum Gasteiger partial charge on any atom is -0.472 e. The Morgan fingerprint density at radius 2 is 2.17 bits per heavy atom. The number of carbonyl (C=O) groups is 1. The number of rotatable bonds is 3. The summed E-state index contributed by atoms with van der Waals surface area (Å²) in [5.74, 6) is 1.10. The zero-order chi connectivity index (χ0) is 16.5. The molecule has 0 spiro atoms. The van der Waals surface area contributed by atoms with Gasteiger partial charge in [0.05, 0.1) is 12.1 Å². The maximum absolute atomic E-state index is 12.4. The first-order chi connectivity index (χ1) is 11.7. The molecule has 0 saturated carbocycles. The van der Waals surface area contributed by atoms with E-state index in [1.54, 1.807) is 17.9 Å². The lowest BCUT2D eigenvalue weighted by Crippen LogP contribution is -2.31. The molecule has 1 atom stereocenters. The predicted molar refractivity (Wildman–Crippen MR) is 87.9 cm³/mol. The molecule has 24 heavy (non-hydrogen) atoms. The summed E-state index contributed by atoms with van der Waals surface area (Å²) in [5, 5.41) is 4.86. The molecule has 1 amide bonds. The number of fused-ring (bicyclic) bond motifs is 1. The van der Waals surface area contributed by atoms with Crippen molar-refractivity contribution in [3.63, 3.8) is 0 Å². The highest BCUT2D eigenvalue weighted by atomic mass is 16.5. The van der Waals surface area contributed by atoms with Crippen LogP contribution >= 0.6 is 0 Å². The Bertz CT molecular complexity index is 890. The van der Waals surface area contributed by atoms with Gasteiger partial charge in [-0.05, 0) is 19.1 Å². The van der Waals surface area contributed by atoms with Crippen LogP contribution < -0.4 is 4.74 Å². The lowest BCUT2D eigenvalue weighted by atomic mass is 10.2. The Kier molecular flexibility index (Phi) is 3.65. The van der Waals surface area contributed by atoms with Crippen LogP contribution in [0.25, 0.3) is 10.9 Å². The summed E-state index contributed by atoms with van der Waals surface area (Å²) in [6.45, 7) is 2.94. The number of carbonyl (C=O) groups excluding carboxylic acids is 1. The largest absolute Gasteiger partial charge is 0.472 e. The van der Waals surface area contributed by atoms with E-state index in [-0.39, 0.29) is 12.0 Å². The highest BCUT2D eigenvalue weighted by molar-refractivity contribution is 5.92. The third-order valence-electron chi connectivity index (χ3n) is 4.14. The van der Waals surface area contributed by atoms with Gasteiger partial charge in [-0.1, -0.05) is 23.4 Å². The van der Waals surface area contributed by atoms with Gasteiger partial charge in [0.15, 0.2) is 5.69 Å². The molecule has 1 aromatic carbocycles. The summed E-state index contributed by atoms with van der Waals surface area (Å²) in [4.78, 5) is 18.6.